The molecule has 0 aromatic carbocycles. The van der Waals surface area contributed by atoms with Gasteiger partial charge in [-0.3, -0.25) is 4.79 Å². The van der Waals surface area contributed by atoms with E-state index in [9.17, 15) is 9.90 Å². The zero-order chi connectivity index (χ0) is 14.0. The van der Waals surface area contributed by atoms with E-state index in [0.717, 1.165) is 17.8 Å². The topological polar surface area (TPSA) is 53.4 Å². The summed E-state index contributed by atoms with van der Waals surface area (Å²) >= 11 is 1.56. The Bertz CT molecular complexity index is 456. The smallest absolute Gasteiger partial charge is 0.273 e. The molecule has 1 aromatic heterocycles. The van der Waals surface area contributed by atoms with Crippen LogP contribution >= 0.6 is 11.3 Å². The van der Waals surface area contributed by atoms with Crippen molar-refractivity contribution in [1.82, 2.24) is 9.88 Å². The molecule has 0 radical (unpaired) electrons. The Morgan fingerprint density at radius 2 is 2.42 bits per heavy atom. The van der Waals surface area contributed by atoms with Crippen LogP contribution < -0.4 is 0 Å². The maximum absolute atomic E-state index is 12.4. The second-order valence-electron chi connectivity index (χ2n) is 5.64. The number of aryl methyl sites for hydroxylation is 1. The highest BCUT2D eigenvalue weighted by Gasteiger charge is 2.36. The number of aliphatic hydroxyl groups is 1. The molecule has 1 aliphatic rings. The molecule has 2 heterocycles. The first kappa shape index (κ1) is 14.5. The van der Waals surface area contributed by atoms with Crippen LogP contribution in [0.1, 0.15) is 49.1 Å². The SMILES string of the molecule is CCCc1nc(C(=O)N2CC[C@@](C)(O)[C@@H](C)C2)cs1. The quantitative estimate of drug-likeness (QED) is 0.925. The first-order valence-electron chi connectivity index (χ1n) is 6.90. The Balaban J connectivity index is 2.03. The van der Waals surface area contributed by atoms with Gasteiger partial charge in [-0.25, -0.2) is 4.98 Å². The van der Waals surface area contributed by atoms with E-state index in [1.165, 1.54) is 0 Å². The minimum Gasteiger partial charge on any atom is -0.390 e. The van der Waals surface area contributed by atoms with Gasteiger partial charge in [0.25, 0.3) is 5.91 Å². The van der Waals surface area contributed by atoms with Gasteiger partial charge in [0.05, 0.1) is 10.6 Å². The number of amides is 1. The average molecular weight is 282 g/mol. The fraction of sp³-hybridized carbons (Fsp3) is 0.714. The van der Waals surface area contributed by atoms with Gasteiger partial charge in [0.15, 0.2) is 0 Å². The highest BCUT2D eigenvalue weighted by Crippen LogP contribution is 2.28. The van der Waals surface area contributed by atoms with Gasteiger partial charge in [0.2, 0.25) is 0 Å². The van der Waals surface area contributed by atoms with Gasteiger partial charge >= 0.3 is 0 Å². The molecule has 1 amide bonds. The van der Waals surface area contributed by atoms with Gasteiger partial charge < -0.3 is 10.0 Å². The minimum absolute atomic E-state index is 0.000882. The molecule has 0 bridgehead atoms. The van der Waals surface area contributed by atoms with Gasteiger partial charge in [-0.15, -0.1) is 11.3 Å². The molecule has 1 N–H and O–H groups in total. The third-order valence-corrected chi connectivity index (χ3v) is 4.87. The summed E-state index contributed by atoms with van der Waals surface area (Å²) in [6.07, 6.45) is 2.61. The molecular formula is C14H22N2O2S. The summed E-state index contributed by atoms with van der Waals surface area (Å²) in [6.45, 7) is 7.16. The van der Waals surface area contributed by atoms with Crippen LogP contribution in [0.3, 0.4) is 0 Å². The number of piperidine rings is 1. The zero-order valence-corrected chi connectivity index (χ0v) is 12.7. The van der Waals surface area contributed by atoms with Crippen molar-refractivity contribution in [3.8, 4) is 0 Å². The number of hydrogen-bond acceptors (Lipinski definition) is 4. The molecule has 0 aliphatic carbocycles. The Kier molecular flexibility index (Phi) is 4.26. The molecule has 0 saturated carbocycles. The van der Waals surface area contributed by atoms with Gasteiger partial charge in [-0.05, 0) is 26.2 Å². The molecule has 1 aliphatic heterocycles. The monoisotopic (exact) mass is 282 g/mol. The third-order valence-electron chi connectivity index (χ3n) is 3.97. The highest BCUT2D eigenvalue weighted by atomic mass is 32.1. The van der Waals surface area contributed by atoms with Crippen LogP contribution in [-0.2, 0) is 6.42 Å². The van der Waals surface area contributed by atoms with Crippen LogP contribution in [0.15, 0.2) is 5.38 Å². The van der Waals surface area contributed by atoms with E-state index in [1.54, 1.807) is 11.3 Å². The van der Waals surface area contributed by atoms with Crippen molar-refractivity contribution in [2.75, 3.05) is 13.1 Å². The highest BCUT2D eigenvalue weighted by molar-refractivity contribution is 7.09. The summed E-state index contributed by atoms with van der Waals surface area (Å²) in [5, 5.41) is 13.0. The molecule has 4 nitrogen and oxygen atoms in total. The van der Waals surface area contributed by atoms with Crippen LogP contribution in [0.2, 0.25) is 0 Å². The van der Waals surface area contributed by atoms with Crippen LogP contribution in [0.5, 0.6) is 0 Å². The number of carbonyl (C=O) groups excluding carboxylic acids is 1. The fourth-order valence-electron chi connectivity index (χ4n) is 2.31. The molecule has 0 spiro atoms. The van der Waals surface area contributed by atoms with Crippen LogP contribution in [0.25, 0.3) is 0 Å². The van der Waals surface area contributed by atoms with E-state index >= 15 is 0 Å². The van der Waals surface area contributed by atoms with Gasteiger partial charge in [0.1, 0.15) is 5.69 Å². The summed E-state index contributed by atoms with van der Waals surface area (Å²) in [7, 11) is 0. The van der Waals surface area contributed by atoms with Crippen molar-refractivity contribution in [2.45, 2.75) is 45.6 Å². The van der Waals surface area contributed by atoms with Gasteiger partial charge in [-0.2, -0.15) is 0 Å². The lowest BCUT2D eigenvalue weighted by Gasteiger charge is -2.40. The van der Waals surface area contributed by atoms with E-state index in [4.69, 9.17) is 0 Å². The van der Waals surface area contributed by atoms with Crippen LogP contribution in [-0.4, -0.2) is 39.6 Å². The maximum Gasteiger partial charge on any atom is 0.273 e. The van der Waals surface area contributed by atoms with Gasteiger partial charge in [-0.1, -0.05) is 13.8 Å². The fourth-order valence-corrected chi connectivity index (χ4v) is 3.18. The Morgan fingerprint density at radius 1 is 1.68 bits per heavy atom. The molecule has 1 aromatic rings. The van der Waals surface area contributed by atoms with Crippen LogP contribution in [0, 0.1) is 5.92 Å². The second-order valence-corrected chi connectivity index (χ2v) is 6.58. The molecule has 106 valence electrons. The normalized spacial score (nSPS) is 27.6. The number of hydrogen-bond donors (Lipinski definition) is 1. The van der Waals surface area contributed by atoms with Crippen molar-refractivity contribution in [1.29, 1.82) is 0 Å². The average Bonchev–Trinajstić information content (AvgIpc) is 2.81. The second kappa shape index (κ2) is 5.59. The largest absolute Gasteiger partial charge is 0.390 e. The summed E-state index contributed by atoms with van der Waals surface area (Å²) < 4.78 is 0. The number of carbonyl (C=O) groups is 1. The van der Waals surface area contributed by atoms with Crippen molar-refractivity contribution in [3.05, 3.63) is 16.1 Å². The van der Waals surface area contributed by atoms with E-state index in [0.29, 0.717) is 25.2 Å². The number of thiazole rings is 1. The van der Waals surface area contributed by atoms with Crippen molar-refractivity contribution < 1.29 is 9.90 Å². The first-order chi connectivity index (χ1) is 8.94. The molecule has 19 heavy (non-hydrogen) atoms. The lowest BCUT2D eigenvalue weighted by molar-refractivity contribution is -0.0440. The van der Waals surface area contributed by atoms with E-state index in [1.807, 2.05) is 24.1 Å². The Hall–Kier alpha value is -0.940. The summed E-state index contributed by atoms with van der Waals surface area (Å²) in [4.78, 5) is 18.6. The number of likely N-dealkylation sites (tertiary alicyclic amines) is 1. The molecule has 0 unspecified atom stereocenters. The van der Waals surface area contributed by atoms with Crippen molar-refractivity contribution in [2.24, 2.45) is 5.92 Å². The summed E-state index contributed by atoms with van der Waals surface area (Å²) in [5.74, 6) is 0.0971. The van der Waals surface area contributed by atoms with E-state index in [-0.39, 0.29) is 11.8 Å². The van der Waals surface area contributed by atoms with Crippen molar-refractivity contribution >= 4 is 17.2 Å². The summed E-state index contributed by atoms with van der Waals surface area (Å²) in [5.41, 5.74) is -0.103. The molecule has 2 atom stereocenters. The van der Waals surface area contributed by atoms with E-state index < -0.39 is 5.60 Å². The number of nitrogens with zero attached hydrogens (tertiary/aromatic N) is 2. The van der Waals surface area contributed by atoms with Gasteiger partial charge in [0, 0.05) is 24.4 Å². The third kappa shape index (κ3) is 3.15. The predicted octanol–water partition coefficient (Wildman–Crippen LogP) is 2.33. The lowest BCUT2D eigenvalue weighted by atomic mass is 9.84. The Labute approximate surface area is 118 Å². The molecular weight excluding hydrogens is 260 g/mol. The first-order valence-corrected chi connectivity index (χ1v) is 7.78. The Morgan fingerprint density at radius 3 is 3.05 bits per heavy atom. The van der Waals surface area contributed by atoms with E-state index in [2.05, 4.69) is 11.9 Å². The maximum atomic E-state index is 12.4. The lowest BCUT2D eigenvalue weighted by Crippen LogP contribution is -2.50. The zero-order valence-electron chi connectivity index (χ0n) is 11.8. The molecule has 2 rings (SSSR count). The standard InChI is InChI=1S/C14H22N2O2S/c1-4-5-12-15-11(9-19-12)13(17)16-7-6-14(3,18)10(2)8-16/h9-10,18H,4-8H2,1-3H3/t10-,14+/m0/s1. The predicted molar refractivity (Wildman–Crippen MR) is 76.4 cm³/mol. The van der Waals surface area contributed by atoms with Crippen molar-refractivity contribution in [3.63, 3.8) is 0 Å². The molecule has 1 saturated heterocycles. The molecule has 1 fully saturated rings. The van der Waals surface area contributed by atoms with Crippen LogP contribution in [0.4, 0.5) is 0 Å². The molecule has 5 heteroatoms. The number of aromatic nitrogens is 1. The number of rotatable bonds is 3. The minimum atomic E-state index is -0.660. The summed E-state index contributed by atoms with van der Waals surface area (Å²) in [6, 6.07) is 0.